The molecule has 0 spiro atoms. The van der Waals surface area contributed by atoms with Crippen molar-refractivity contribution in [1.29, 1.82) is 0 Å². The van der Waals surface area contributed by atoms with Crippen LogP contribution in [0.3, 0.4) is 0 Å². The minimum absolute atomic E-state index is 0.594. The van der Waals surface area contributed by atoms with E-state index >= 15 is 0 Å². The zero-order chi connectivity index (χ0) is 13.7. The number of hydrogen-bond donors (Lipinski definition) is 2. The Hall–Kier alpha value is -0.860. The highest BCUT2D eigenvalue weighted by Crippen LogP contribution is 2.21. The molecule has 0 aromatic heterocycles. The summed E-state index contributed by atoms with van der Waals surface area (Å²) in [6, 6.07) is 2.28. The lowest BCUT2D eigenvalue weighted by atomic mass is 9.94. The molecule has 0 heterocycles. The lowest BCUT2D eigenvalue weighted by Gasteiger charge is -2.18. The fourth-order valence-corrected chi connectivity index (χ4v) is 2.36. The van der Waals surface area contributed by atoms with Crippen LogP contribution in [0.25, 0.3) is 0 Å². The lowest BCUT2D eigenvalue weighted by molar-refractivity contribution is 0.470. The van der Waals surface area contributed by atoms with E-state index in [1.807, 2.05) is 0 Å². The summed E-state index contributed by atoms with van der Waals surface area (Å²) in [6.45, 7) is 13.8. The largest absolute Gasteiger partial charge is 0.330 e. The van der Waals surface area contributed by atoms with Crippen LogP contribution in [-0.2, 0) is 6.54 Å². The van der Waals surface area contributed by atoms with E-state index in [-0.39, 0.29) is 0 Å². The van der Waals surface area contributed by atoms with Crippen molar-refractivity contribution in [2.45, 2.75) is 47.6 Å². The Kier molecular flexibility index (Phi) is 5.83. The first-order valence-electron chi connectivity index (χ1n) is 6.98. The Morgan fingerprint density at radius 3 is 2.11 bits per heavy atom. The maximum absolute atomic E-state index is 5.73. The number of aryl methyl sites for hydroxylation is 2. The Balaban J connectivity index is 2.73. The highest BCUT2D eigenvalue weighted by molar-refractivity contribution is 5.43. The summed E-state index contributed by atoms with van der Waals surface area (Å²) in [7, 11) is 0. The van der Waals surface area contributed by atoms with Gasteiger partial charge >= 0.3 is 0 Å². The molecule has 0 saturated heterocycles. The van der Waals surface area contributed by atoms with Crippen molar-refractivity contribution < 1.29 is 0 Å². The monoisotopic (exact) mass is 248 g/mol. The highest BCUT2D eigenvalue weighted by atomic mass is 14.9. The molecule has 3 N–H and O–H groups in total. The summed E-state index contributed by atoms with van der Waals surface area (Å²) in [6.07, 6.45) is 1.15. The second-order valence-corrected chi connectivity index (χ2v) is 5.38. The predicted octanol–water partition coefficient (Wildman–Crippen LogP) is 2.99. The smallest absolute Gasteiger partial charge is 0.0211 e. The number of nitrogens with one attached hydrogen (secondary N) is 1. The number of benzene rings is 1. The molecule has 1 rings (SSSR count). The minimum Gasteiger partial charge on any atom is -0.330 e. The van der Waals surface area contributed by atoms with Crippen LogP contribution in [-0.4, -0.2) is 13.1 Å². The maximum Gasteiger partial charge on any atom is 0.0211 e. The summed E-state index contributed by atoms with van der Waals surface area (Å²) in [4.78, 5) is 0. The van der Waals surface area contributed by atoms with Crippen LogP contribution in [0.4, 0.5) is 0 Å². The molecular formula is C16H28N2. The zero-order valence-electron chi connectivity index (χ0n) is 12.6. The van der Waals surface area contributed by atoms with Gasteiger partial charge < -0.3 is 11.1 Å². The van der Waals surface area contributed by atoms with Crippen molar-refractivity contribution in [3.63, 3.8) is 0 Å². The normalized spacial score (nSPS) is 12.8. The van der Waals surface area contributed by atoms with Gasteiger partial charge in [0.25, 0.3) is 0 Å². The van der Waals surface area contributed by atoms with Gasteiger partial charge in [0.05, 0.1) is 0 Å². The summed E-state index contributed by atoms with van der Waals surface area (Å²) < 4.78 is 0. The molecule has 0 saturated carbocycles. The van der Waals surface area contributed by atoms with Gasteiger partial charge in [-0.05, 0) is 74.5 Å². The van der Waals surface area contributed by atoms with Crippen LogP contribution < -0.4 is 11.1 Å². The third kappa shape index (κ3) is 3.56. The summed E-state index contributed by atoms with van der Waals surface area (Å²) >= 11 is 0. The van der Waals surface area contributed by atoms with E-state index in [4.69, 9.17) is 5.73 Å². The van der Waals surface area contributed by atoms with Crippen LogP contribution in [0.5, 0.6) is 0 Å². The van der Waals surface area contributed by atoms with E-state index in [9.17, 15) is 0 Å². The number of hydrogen-bond acceptors (Lipinski definition) is 2. The van der Waals surface area contributed by atoms with E-state index in [0.717, 1.165) is 26.1 Å². The van der Waals surface area contributed by atoms with Gasteiger partial charge in [-0.15, -0.1) is 0 Å². The quantitative estimate of drug-likeness (QED) is 0.812. The van der Waals surface area contributed by atoms with Gasteiger partial charge in [0.2, 0.25) is 0 Å². The molecular weight excluding hydrogens is 220 g/mol. The standard InChI is InChI=1S/C16H28N2/c1-6-15(8-17)9-18-10-16-13(4)11(2)7-12(3)14(16)5/h7,15,18H,6,8-10,17H2,1-5H3. The van der Waals surface area contributed by atoms with E-state index in [1.165, 1.54) is 27.8 Å². The van der Waals surface area contributed by atoms with Crippen molar-refractivity contribution in [2.75, 3.05) is 13.1 Å². The van der Waals surface area contributed by atoms with Crippen LogP contribution in [0.1, 0.15) is 41.2 Å². The van der Waals surface area contributed by atoms with Gasteiger partial charge in [0.15, 0.2) is 0 Å². The SMILES string of the molecule is CCC(CN)CNCc1c(C)c(C)cc(C)c1C. The van der Waals surface area contributed by atoms with E-state index in [0.29, 0.717) is 5.92 Å². The van der Waals surface area contributed by atoms with Crippen molar-refractivity contribution in [1.82, 2.24) is 5.32 Å². The van der Waals surface area contributed by atoms with Crippen LogP contribution >= 0.6 is 0 Å². The Morgan fingerprint density at radius 1 is 1.11 bits per heavy atom. The van der Waals surface area contributed by atoms with Crippen LogP contribution in [0.15, 0.2) is 6.07 Å². The molecule has 102 valence electrons. The van der Waals surface area contributed by atoms with E-state index < -0.39 is 0 Å². The third-order valence-electron chi connectivity index (χ3n) is 4.17. The molecule has 1 unspecified atom stereocenters. The van der Waals surface area contributed by atoms with Gasteiger partial charge in [-0.3, -0.25) is 0 Å². The van der Waals surface area contributed by atoms with Crippen molar-refractivity contribution in [3.05, 3.63) is 33.9 Å². The molecule has 2 heteroatoms. The maximum atomic E-state index is 5.73. The zero-order valence-corrected chi connectivity index (χ0v) is 12.6. The molecule has 0 radical (unpaired) electrons. The van der Waals surface area contributed by atoms with Crippen LogP contribution in [0.2, 0.25) is 0 Å². The second kappa shape index (κ2) is 6.91. The molecule has 0 bridgehead atoms. The Bertz CT molecular complexity index is 366. The highest BCUT2D eigenvalue weighted by Gasteiger charge is 2.09. The molecule has 18 heavy (non-hydrogen) atoms. The molecule has 1 aromatic carbocycles. The molecule has 1 aromatic rings. The number of rotatable bonds is 6. The fraction of sp³-hybridized carbons (Fsp3) is 0.625. The lowest BCUT2D eigenvalue weighted by Crippen LogP contribution is -2.28. The predicted molar refractivity (Wildman–Crippen MR) is 79.9 cm³/mol. The van der Waals surface area contributed by atoms with Crippen molar-refractivity contribution in [3.8, 4) is 0 Å². The average molecular weight is 248 g/mol. The average Bonchev–Trinajstić information content (AvgIpc) is 2.36. The topological polar surface area (TPSA) is 38.0 Å². The molecule has 0 aliphatic carbocycles. The van der Waals surface area contributed by atoms with Gasteiger partial charge in [-0.2, -0.15) is 0 Å². The van der Waals surface area contributed by atoms with Gasteiger partial charge in [0, 0.05) is 6.54 Å². The second-order valence-electron chi connectivity index (χ2n) is 5.38. The molecule has 0 fully saturated rings. The first-order valence-corrected chi connectivity index (χ1v) is 6.98. The first kappa shape index (κ1) is 15.2. The van der Waals surface area contributed by atoms with Gasteiger partial charge in [-0.25, -0.2) is 0 Å². The third-order valence-corrected chi connectivity index (χ3v) is 4.17. The summed E-state index contributed by atoms with van der Waals surface area (Å²) in [5.74, 6) is 0.594. The number of nitrogens with two attached hydrogens (primary N) is 1. The van der Waals surface area contributed by atoms with E-state index in [1.54, 1.807) is 0 Å². The fourth-order valence-electron chi connectivity index (χ4n) is 2.36. The molecule has 2 nitrogen and oxygen atoms in total. The molecule has 0 amide bonds. The minimum atomic E-state index is 0.594. The van der Waals surface area contributed by atoms with Crippen molar-refractivity contribution >= 4 is 0 Å². The summed E-state index contributed by atoms with van der Waals surface area (Å²) in [5, 5.41) is 3.56. The van der Waals surface area contributed by atoms with Crippen LogP contribution in [0, 0.1) is 33.6 Å². The molecule has 0 aliphatic heterocycles. The summed E-state index contributed by atoms with van der Waals surface area (Å²) in [5.41, 5.74) is 12.8. The Labute approximate surface area is 112 Å². The first-order chi connectivity index (χ1) is 8.51. The molecule has 1 atom stereocenters. The molecule has 0 aliphatic rings. The van der Waals surface area contributed by atoms with Gasteiger partial charge in [-0.1, -0.05) is 19.4 Å². The van der Waals surface area contributed by atoms with Crippen molar-refractivity contribution in [2.24, 2.45) is 11.7 Å². The van der Waals surface area contributed by atoms with Gasteiger partial charge in [0.1, 0.15) is 0 Å². The van der Waals surface area contributed by atoms with E-state index in [2.05, 4.69) is 46.0 Å². The Morgan fingerprint density at radius 2 is 1.67 bits per heavy atom.